The minimum atomic E-state index is -1.01. The van der Waals surface area contributed by atoms with Crippen LogP contribution in [-0.4, -0.2) is 45.7 Å². The molecule has 0 bridgehead atoms. The average molecular weight is 720 g/mol. The number of carbonyl (C=O) groups is 4. The Kier molecular flexibility index (Phi) is 7.49. The Balaban J connectivity index is 1.33. The Hall–Kier alpha value is -3.76. The molecular formula is C36H26Cl4N4O4. The van der Waals surface area contributed by atoms with Gasteiger partial charge in [-0.05, 0) is 61.4 Å². The molecule has 4 saturated heterocycles. The number of halogens is 4. The van der Waals surface area contributed by atoms with Gasteiger partial charge < -0.3 is 0 Å². The molecule has 4 aliphatic rings. The van der Waals surface area contributed by atoms with Crippen molar-refractivity contribution in [1.82, 2.24) is 10.0 Å². The van der Waals surface area contributed by atoms with E-state index in [1.165, 1.54) is 12.1 Å². The Bertz CT molecular complexity index is 1910. The molecule has 8 rings (SSSR count). The minimum Gasteiger partial charge on any atom is -0.274 e. The summed E-state index contributed by atoms with van der Waals surface area (Å²) < 4.78 is 0. The Morgan fingerprint density at radius 3 is 1.12 bits per heavy atom. The number of aryl methyl sites for hydroxylation is 2. The van der Waals surface area contributed by atoms with Crippen LogP contribution in [0.5, 0.6) is 0 Å². The van der Waals surface area contributed by atoms with Gasteiger partial charge in [0.15, 0.2) is 0 Å². The molecule has 12 heteroatoms. The van der Waals surface area contributed by atoms with Crippen LogP contribution in [0.15, 0.2) is 84.9 Å². The van der Waals surface area contributed by atoms with Crippen LogP contribution in [-0.2, 0) is 19.2 Å². The van der Waals surface area contributed by atoms with Crippen LogP contribution in [0.1, 0.15) is 34.3 Å². The fourth-order valence-electron chi connectivity index (χ4n) is 7.78. The maximum absolute atomic E-state index is 14.6. The molecule has 4 aromatic rings. The van der Waals surface area contributed by atoms with Crippen LogP contribution in [0.3, 0.4) is 0 Å². The van der Waals surface area contributed by atoms with E-state index in [2.05, 4.69) is 0 Å². The number of rotatable bonds is 4. The molecule has 4 fully saturated rings. The van der Waals surface area contributed by atoms with Gasteiger partial charge in [0.1, 0.15) is 12.1 Å². The van der Waals surface area contributed by atoms with Gasteiger partial charge in [-0.15, -0.1) is 0 Å². The molecular weight excluding hydrogens is 694 g/mol. The van der Waals surface area contributed by atoms with Crippen molar-refractivity contribution in [1.29, 1.82) is 0 Å². The van der Waals surface area contributed by atoms with Crippen molar-refractivity contribution >= 4 is 81.4 Å². The van der Waals surface area contributed by atoms with Gasteiger partial charge in [-0.25, -0.2) is 19.8 Å². The van der Waals surface area contributed by atoms with Crippen molar-refractivity contribution in [2.75, 3.05) is 9.80 Å². The summed E-state index contributed by atoms with van der Waals surface area (Å²) in [6.45, 7) is 3.91. The zero-order valence-corrected chi connectivity index (χ0v) is 28.5. The third-order valence-electron chi connectivity index (χ3n) is 9.89. The number of hydrogen-bond donors (Lipinski definition) is 0. The van der Waals surface area contributed by atoms with E-state index in [1.807, 2.05) is 72.4 Å². The lowest BCUT2D eigenvalue weighted by atomic mass is 9.84. The molecule has 242 valence electrons. The van der Waals surface area contributed by atoms with Crippen LogP contribution in [0.2, 0.25) is 20.1 Å². The first-order valence-corrected chi connectivity index (χ1v) is 16.8. The van der Waals surface area contributed by atoms with Gasteiger partial charge in [0, 0.05) is 0 Å². The Labute approximate surface area is 296 Å². The highest BCUT2D eigenvalue weighted by Gasteiger charge is 2.73. The highest BCUT2D eigenvalue weighted by molar-refractivity contribution is 6.43. The van der Waals surface area contributed by atoms with Crippen LogP contribution >= 0.6 is 46.4 Å². The molecule has 0 N–H and O–H groups in total. The molecule has 48 heavy (non-hydrogen) atoms. The summed E-state index contributed by atoms with van der Waals surface area (Å²) in [4.78, 5) is 60.6. The molecule has 0 unspecified atom stereocenters. The average Bonchev–Trinajstić information content (AvgIpc) is 3.72. The highest BCUT2D eigenvalue weighted by Crippen LogP contribution is 2.60. The number of nitrogens with zero attached hydrogens (tertiary/aromatic N) is 4. The fraction of sp³-hybridized carbons (Fsp3) is 0.222. The van der Waals surface area contributed by atoms with E-state index in [0.29, 0.717) is 21.4 Å². The maximum atomic E-state index is 14.6. The summed E-state index contributed by atoms with van der Waals surface area (Å²) in [5, 5.41) is 4.65. The Morgan fingerprint density at radius 1 is 0.438 bits per heavy atom. The van der Waals surface area contributed by atoms with Gasteiger partial charge in [0.2, 0.25) is 11.8 Å². The number of fused-ring (bicyclic) bond motifs is 5. The summed E-state index contributed by atoms with van der Waals surface area (Å²) in [6, 6.07) is 21.1. The molecule has 0 spiro atoms. The number of amides is 4. The van der Waals surface area contributed by atoms with Gasteiger partial charge in [-0.2, -0.15) is 0 Å². The van der Waals surface area contributed by atoms with Crippen LogP contribution in [0.4, 0.5) is 11.4 Å². The minimum absolute atomic E-state index is 0.204. The van der Waals surface area contributed by atoms with E-state index >= 15 is 0 Å². The topological polar surface area (TPSA) is 81.2 Å². The molecule has 0 aromatic heterocycles. The quantitative estimate of drug-likeness (QED) is 0.205. The van der Waals surface area contributed by atoms with E-state index in [-0.39, 0.29) is 10.0 Å². The summed E-state index contributed by atoms with van der Waals surface area (Å²) in [7, 11) is 0. The third kappa shape index (κ3) is 4.51. The second kappa shape index (κ2) is 11.4. The van der Waals surface area contributed by atoms with Crippen molar-refractivity contribution in [3.05, 3.63) is 127 Å². The van der Waals surface area contributed by atoms with E-state index in [0.717, 1.165) is 32.1 Å². The SMILES string of the molecule is Cc1ccc([C@@H]2[C@@H]3C(=O)N(c4ccc(Cl)c(Cl)c4)C(=O)[C@@H]3N3[C@H](c4ccc(C)cc4)[C@@H]4C(=O)N(c5ccc(Cl)c(Cl)c5)C(=O)[C@@H]4N23)cc1. The first-order chi connectivity index (χ1) is 23.0. The van der Waals surface area contributed by atoms with Crippen LogP contribution in [0.25, 0.3) is 0 Å². The van der Waals surface area contributed by atoms with Crippen molar-refractivity contribution in [2.24, 2.45) is 11.8 Å². The van der Waals surface area contributed by atoms with Gasteiger partial charge in [-0.1, -0.05) is 106 Å². The predicted octanol–water partition coefficient (Wildman–Crippen LogP) is 7.36. The van der Waals surface area contributed by atoms with Crippen LogP contribution < -0.4 is 9.80 Å². The molecule has 4 aliphatic heterocycles. The number of hydrazine groups is 1. The van der Waals surface area contributed by atoms with Crippen molar-refractivity contribution in [2.45, 2.75) is 38.0 Å². The molecule has 0 saturated carbocycles. The van der Waals surface area contributed by atoms with Gasteiger partial charge in [0.25, 0.3) is 11.8 Å². The number of carbonyl (C=O) groups excluding carboxylic acids is 4. The first-order valence-electron chi connectivity index (χ1n) is 15.3. The van der Waals surface area contributed by atoms with E-state index < -0.39 is 59.6 Å². The Morgan fingerprint density at radius 2 is 0.792 bits per heavy atom. The summed E-state index contributed by atoms with van der Waals surface area (Å²) in [6.07, 6.45) is 0. The summed E-state index contributed by atoms with van der Waals surface area (Å²) in [5.74, 6) is -3.60. The monoisotopic (exact) mass is 718 g/mol. The predicted molar refractivity (Wildman–Crippen MR) is 184 cm³/mol. The fourth-order valence-corrected chi connectivity index (χ4v) is 8.37. The molecule has 0 radical (unpaired) electrons. The zero-order valence-electron chi connectivity index (χ0n) is 25.5. The van der Waals surface area contributed by atoms with Gasteiger partial charge in [0.05, 0.1) is 55.4 Å². The van der Waals surface area contributed by atoms with Crippen LogP contribution in [0, 0.1) is 25.7 Å². The number of anilines is 2. The first kappa shape index (κ1) is 31.5. The molecule has 6 atom stereocenters. The molecule has 4 heterocycles. The zero-order chi connectivity index (χ0) is 33.8. The molecule has 0 aliphatic carbocycles. The largest absolute Gasteiger partial charge is 0.274 e. The maximum Gasteiger partial charge on any atom is 0.253 e. The van der Waals surface area contributed by atoms with Crippen molar-refractivity contribution < 1.29 is 19.2 Å². The van der Waals surface area contributed by atoms with Crippen molar-refractivity contribution in [3.63, 3.8) is 0 Å². The number of imide groups is 2. The lowest BCUT2D eigenvalue weighted by Gasteiger charge is -2.35. The smallest absolute Gasteiger partial charge is 0.253 e. The second-order valence-electron chi connectivity index (χ2n) is 12.6. The highest BCUT2D eigenvalue weighted by atomic mass is 35.5. The number of hydrogen-bond acceptors (Lipinski definition) is 6. The van der Waals surface area contributed by atoms with Gasteiger partial charge >= 0.3 is 0 Å². The third-order valence-corrected chi connectivity index (χ3v) is 11.4. The summed E-state index contributed by atoms with van der Waals surface area (Å²) >= 11 is 25.0. The standard InChI is InChI=1S/C36H26Cl4N4O4/c1-17-3-7-19(8-4-17)29-27-31(35(47)41(33(27)45)21-11-13-23(37)25(39)15-21)44-30(20-9-5-18(2)6-10-20)28-32(43(29)44)36(48)42(34(28)46)22-12-14-24(38)26(40)16-22/h3-16,27-32H,1-2H3/t27-,28-,29+,30+,31+,32+/m0/s1. The second-order valence-corrected chi connectivity index (χ2v) is 14.3. The molecule has 4 aromatic carbocycles. The van der Waals surface area contributed by atoms with Crippen molar-refractivity contribution in [3.8, 4) is 0 Å². The lowest BCUT2D eigenvalue weighted by molar-refractivity contribution is -0.136. The molecule has 8 nitrogen and oxygen atoms in total. The summed E-state index contributed by atoms with van der Waals surface area (Å²) in [5.41, 5.74) is 4.09. The van der Waals surface area contributed by atoms with E-state index in [4.69, 9.17) is 46.4 Å². The normalized spacial score (nSPS) is 26.9. The van der Waals surface area contributed by atoms with E-state index in [9.17, 15) is 19.2 Å². The molecule has 4 amide bonds. The van der Waals surface area contributed by atoms with E-state index in [1.54, 1.807) is 24.3 Å². The number of benzene rings is 4. The lowest BCUT2D eigenvalue weighted by Crippen LogP contribution is -2.50. The van der Waals surface area contributed by atoms with Gasteiger partial charge in [-0.3, -0.25) is 19.2 Å².